The van der Waals surface area contributed by atoms with E-state index >= 15 is 0 Å². The van der Waals surface area contributed by atoms with Gasteiger partial charge in [-0.05, 0) is 85.5 Å². The van der Waals surface area contributed by atoms with Gasteiger partial charge in [-0.15, -0.1) is 0 Å². The first-order valence-corrected chi connectivity index (χ1v) is 17.9. The number of benzene rings is 4. The van der Waals surface area contributed by atoms with Crippen molar-refractivity contribution in [2.45, 2.75) is 69.0 Å². The molecule has 1 unspecified atom stereocenters. The molecule has 0 spiro atoms. The molecule has 0 bridgehead atoms. The summed E-state index contributed by atoms with van der Waals surface area (Å²) < 4.78 is 40.8. The fourth-order valence-electron chi connectivity index (χ4n) is 5.98. The number of nitrogens with one attached hydrogen (secondary N) is 1. The van der Waals surface area contributed by atoms with Crippen LogP contribution in [0.2, 0.25) is 0 Å². The van der Waals surface area contributed by atoms with Crippen molar-refractivity contribution in [2.24, 2.45) is 0 Å². The maximum absolute atomic E-state index is 14.5. The van der Waals surface area contributed by atoms with Crippen LogP contribution in [0.25, 0.3) is 0 Å². The summed E-state index contributed by atoms with van der Waals surface area (Å²) in [6, 6.07) is 30.4. The van der Waals surface area contributed by atoms with Crippen molar-refractivity contribution in [3.8, 4) is 17.2 Å². The molecule has 0 saturated heterocycles. The first-order chi connectivity index (χ1) is 23.3. The molecule has 0 aliphatic heterocycles. The first-order valence-electron chi connectivity index (χ1n) is 16.4. The summed E-state index contributed by atoms with van der Waals surface area (Å²) in [6.45, 7) is 1.43. The lowest BCUT2D eigenvalue weighted by molar-refractivity contribution is -0.140. The number of amides is 2. The molecule has 48 heavy (non-hydrogen) atoms. The molecular formula is C38H43N3O6S. The van der Waals surface area contributed by atoms with Crippen LogP contribution < -0.4 is 19.1 Å². The van der Waals surface area contributed by atoms with Gasteiger partial charge in [0.05, 0.1) is 17.7 Å². The van der Waals surface area contributed by atoms with Crippen LogP contribution in [-0.4, -0.2) is 50.9 Å². The zero-order valence-electron chi connectivity index (χ0n) is 27.5. The lowest BCUT2D eigenvalue weighted by atomic mass is 9.95. The molecule has 0 radical (unpaired) electrons. The van der Waals surface area contributed by atoms with Crippen molar-refractivity contribution in [1.82, 2.24) is 10.2 Å². The largest absolute Gasteiger partial charge is 0.497 e. The van der Waals surface area contributed by atoms with Gasteiger partial charge in [0.1, 0.15) is 29.8 Å². The van der Waals surface area contributed by atoms with Crippen molar-refractivity contribution < 1.29 is 27.5 Å². The van der Waals surface area contributed by atoms with E-state index in [1.54, 1.807) is 49.6 Å². The number of sulfonamides is 1. The second kappa shape index (κ2) is 16.3. The number of carbonyl (C=O) groups excluding carboxylic acids is 2. The average molecular weight is 670 g/mol. The van der Waals surface area contributed by atoms with E-state index in [0.29, 0.717) is 23.7 Å². The van der Waals surface area contributed by atoms with E-state index in [4.69, 9.17) is 9.47 Å². The Kier molecular flexibility index (Phi) is 11.7. The normalized spacial score (nSPS) is 14.0. The van der Waals surface area contributed by atoms with E-state index in [2.05, 4.69) is 5.32 Å². The smallest absolute Gasteiger partial charge is 0.264 e. The summed E-state index contributed by atoms with van der Waals surface area (Å²) >= 11 is 0. The molecule has 1 aliphatic rings. The van der Waals surface area contributed by atoms with Gasteiger partial charge < -0.3 is 19.7 Å². The predicted octanol–water partition coefficient (Wildman–Crippen LogP) is 6.94. The quantitative estimate of drug-likeness (QED) is 0.156. The fourth-order valence-corrected chi connectivity index (χ4v) is 7.42. The SMILES string of the molecule is CCC(C(=O)NC1CCCCC1)N(Cc1cccc(OC)c1)C(=O)CN(c1ccc(Oc2ccccc2)cc1)S(=O)(=O)c1ccccc1. The van der Waals surface area contributed by atoms with E-state index in [1.165, 1.54) is 17.0 Å². The van der Waals surface area contributed by atoms with E-state index in [9.17, 15) is 18.0 Å². The van der Waals surface area contributed by atoms with E-state index in [0.717, 1.165) is 42.0 Å². The number of hydrogen-bond acceptors (Lipinski definition) is 6. The van der Waals surface area contributed by atoms with Gasteiger partial charge in [-0.25, -0.2) is 8.42 Å². The number of rotatable bonds is 14. The molecule has 10 heteroatoms. The highest BCUT2D eigenvalue weighted by Gasteiger charge is 2.34. The van der Waals surface area contributed by atoms with Crippen molar-refractivity contribution in [1.29, 1.82) is 0 Å². The molecule has 4 aromatic rings. The summed E-state index contributed by atoms with van der Waals surface area (Å²) in [5, 5.41) is 3.18. The number of para-hydroxylation sites is 1. The molecule has 0 heterocycles. The Labute approximate surface area is 283 Å². The Morgan fingerprint density at radius 2 is 1.44 bits per heavy atom. The first kappa shape index (κ1) is 34.5. The fraction of sp³-hybridized carbons (Fsp3) is 0.316. The molecule has 1 aliphatic carbocycles. The molecule has 9 nitrogen and oxygen atoms in total. The second-order valence-electron chi connectivity index (χ2n) is 11.9. The zero-order valence-corrected chi connectivity index (χ0v) is 28.3. The predicted molar refractivity (Wildman–Crippen MR) is 187 cm³/mol. The van der Waals surface area contributed by atoms with Crippen LogP contribution >= 0.6 is 0 Å². The molecule has 5 rings (SSSR count). The lowest BCUT2D eigenvalue weighted by Crippen LogP contribution is -2.54. The van der Waals surface area contributed by atoms with Crippen LogP contribution in [-0.2, 0) is 26.2 Å². The standard InChI is InChI=1S/C38H43N3O6S/c1-3-36(38(43)39-30-15-7-4-8-16-30)40(27-29-14-13-19-34(26-29)46-2)37(42)28-41(48(44,45)35-20-11-6-12-21-35)31-22-24-33(25-23-31)47-32-17-9-5-10-18-32/h5-6,9-14,17-26,30,36H,3-4,7-8,15-16,27-28H2,1-2H3,(H,39,43). The topological polar surface area (TPSA) is 105 Å². The summed E-state index contributed by atoms with van der Waals surface area (Å²) in [6.07, 6.45) is 5.41. The zero-order chi connectivity index (χ0) is 33.9. The highest BCUT2D eigenvalue weighted by atomic mass is 32.2. The van der Waals surface area contributed by atoms with Crippen LogP contribution in [0.3, 0.4) is 0 Å². The molecule has 1 atom stereocenters. The molecule has 1 fully saturated rings. The van der Waals surface area contributed by atoms with Crippen molar-refractivity contribution in [3.63, 3.8) is 0 Å². The summed E-state index contributed by atoms with van der Waals surface area (Å²) in [7, 11) is -2.62. The molecule has 2 amide bonds. The molecule has 0 aromatic heterocycles. The summed E-state index contributed by atoms with van der Waals surface area (Å²) in [4.78, 5) is 29.8. The maximum Gasteiger partial charge on any atom is 0.264 e. The monoisotopic (exact) mass is 669 g/mol. The molecular weight excluding hydrogens is 627 g/mol. The van der Waals surface area contributed by atoms with Gasteiger partial charge >= 0.3 is 0 Å². The Balaban J connectivity index is 1.48. The van der Waals surface area contributed by atoms with Crippen LogP contribution in [0.4, 0.5) is 5.69 Å². The number of carbonyl (C=O) groups is 2. The Morgan fingerprint density at radius 1 is 0.812 bits per heavy atom. The Bertz CT molecular complexity index is 1740. The highest BCUT2D eigenvalue weighted by molar-refractivity contribution is 7.92. The van der Waals surface area contributed by atoms with Crippen molar-refractivity contribution in [2.75, 3.05) is 18.0 Å². The highest BCUT2D eigenvalue weighted by Crippen LogP contribution is 2.29. The molecule has 4 aromatic carbocycles. The van der Waals surface area contributed by atoms with Gasteiger partial charge in [0.25, 0.3) is 10.0 Å². The number of ether oxygens (including phenoxy) is 2. The van der Waals surface area contributed by atoms with Gasteiger partial charge in [0.15, 0.2) is 0 Å². The van der Waals surface area contributed by atoms with Gasteiger partial charge in [-0.3, -0.25) is 13.9 Å². The lowest BCUT2D eigenvalue weighted by Gasteiger charge is -2.34. The van der Waals surface area contributed by atoms with Crippen molar-refractivity contribution >= 4 is 27.5 Å². The average Bonchev–Trinajstić information content (AvgIpc) is 3.12. The minimum absolute atomic E-state index is 0.0452. The number of anilines is 1. The van der Waals surface area contributed by atoms with E-state index < -0.39 is 28.5 Å². The maximum atomic E-state index is 14.5. The van der Waals surface area contributed by atoms with Crippen LogP contribution in [0.1, 0.15) is 51.0 Å². The minimum Gasteiger partial charge on any atom is -0.497 e. The second-order valence-corrected chi connectivity index (χ2v) is 13.7. The van der Waals surface area contributed by atoms with Crippen LogP contribution in [0.5, 0.6) is 17.2 Å². The van der Waals surface area contributed by atoms with Gasteiger partial charge in [-0.1, -0.05) is 74.7 Å². The summed E-state index contributed by atoms with van der Waals surface area (Å²) in [5.41, 5.74) is 1.04. The number of hydrogen-bond donors (Lipinski definition) is 1. The third kappa shape index (κ3) is 8.74. The number of nitrogens with zero attached hydrogens (tertiary/aromatic N) is 2. The summed E-state index contributed by atoms with van der Waals surface area (Å²) in [5.74, 6) is 1.02. The third-order valence-electron chi connectivity index (χ3n) is 8.54. The van der Waals surface area contributed by atoms with Gasteiger partial charge in [-0.2, -0.15) is 0 Å². The molecule has 1 N–H and O–H groups in total. The van der Waals surface area contributed by atoms with Crippen LogP contribution in [0, 0.1) is 0 Å². The number of methoxy groups -OCH3 is 1. The van der Waals surface area contributed by atoms with Crippen molar-refractivity contribution in [3.05, 3.63) is 115 Å². The van der Waals surface area contributed by atoms with Gasteiger partial charge in [0.2, 0.25) is 11.8 Å². The van der Waals surface area contributed by atoms with Crippen LogP contribution in [0.15, 0.2) is 114 Å². The Morgan fingerprint density at radius 3 is 2.08 bits per heavy atom. The minimum atomic E-state index is -4.19. The Hall–Kier alpha value is -4.83. The van der Waals surface area contributed by atoms with Gasteiger partial charge in [0, 0.05) is 12.6 Å². The third-order valence-corrected chi connectivity index (χ3v) is 10.3. The molecule has 252 valence electrons. The van der Waals surface area contributed by atoms with E-state index in [1.807, 2.05) is 61.5 Å². The molecule has 1 saturated carbocycles. The van der Waals surface area contributed by atoms with E-state index in [-0.39, 0.29) is 29.1 Å².